The van der Waals surface area contributed by atoms with Gasteiger partial charge in [0.1, 0.15) is 0 Å². The first-order chi connectivity index (χ1) is 10.1. The topological polar surface area (TPSA) is 49.6 Å². The zero-order chi connectivity index (χ0) is 14.8. The summed E-state index contributed by atoms with van der Waals surface area (Å²) in [6.07, 6.45) is 9.14. The van der Waals surface area contributed by atoms with Crippen molar-refractivity contribution in [2.24, 2.45) is 11.7 Å². The number of hydrogen-bond acceptors (Lipinski definition) is 3. The number of amides is 1. The van der Waals surface area contributed by atoms with E-state index in [9.17, 15) is 4.79 Å². The van der Waals surface area contributed by atoms with Crippen LogP contribution in [0.4, 0.5) is 0 Å². The molecule has 2 aliphatic heterocycles. The molecule has 0 bridgehead atoms. The van der Waals surface area contributed by atoms with Crippen molar-refractivity contribution in [3.8, 4) is 0 Å². The lowest BCUT2D eigenvalue weighted by Crippen LogP contribution is -2.56. The van der Waals surface area contributed by atoms with Gasteiger partial charge in [0.05, 0.1) is 0 Å². The molecule has 3 aliphatic rings. The molecule has 0 aromatic carbocycles. The molecule has 1 aliphatic carbocycles. The summed E-state index contributed by atoms with van der Waals surface area (Å²) in [6, 6.07) is 1.44. The molecule has 2 atom stereocenters. The average molecular weight is 293 g/mol. The second-order valence-corrected chi connectivity index (χ2v) is 7.51. The number of nitrogens with two attached hydrogens (primary N) is 1. The van der Waals surface area contributed by atoms with Crippen LogP contribution in [0.15, 0.2) is 0 Å². The van der Waals surface area contributed by atoms with Crippen molar-refractivity contribution in [1.82, 2.24) is 9.80 Å². The summed E-state index contributed by atoms with van der Waals surface area (Å²) in [6.45, 7) is 5.50. The van der Waals surface area contributed by atoms with Crippen molar-refractivity contribution in [2.75, 3.05) is 19.6 Å². The van der Waals surface area contributed by atoms with E-state index in [1.807, 2.05) is 0 Å². The maximum atomic E-state index is 12.6. The third-order valence-corrected chi connectivity index (χ3v) is 5.92. The van der Waals surface area contributed by atoms with Crippen LogP contribution in [0.3, 0.4) is 0 Å². The Hall–Kier alpha value is -0.610. The van der Waals surface area contributed by atoms with Gasteiger partial charge in [-0.3, -0.25) is 9.69 Å². The highest BCUT2D eigenvalue weighted by molar-refractivity contribution is 5.76. The normalized spacial score (nSPS) is 37.5. The number of fused-ring (bicyclic) bond motifs is 1. The highest BCUT2D eigenvalue weighted by Gasteiger charge is 2.36. The van der Waals surface area contributed by atoms with Crippen LogP contribution in [-0.2, 0) is 4.79 Å². The molecular weight excluding hydrogens is 262 g/mol. The first-order valence-corrected chi connectivity index (χ1v) is 8.92. The third kappa shape index (κ3) is 3.59. The maximum absolute atomic E-state index is 12.6. The van der Waals surface area contributed by atoms with Crippen molar-refractivity contribution < 1.29 is 4.79 Å². The van der Waals surface area contributed by atoms with E-state index in [0.29, 0.717) is 24.0 Å². The van der Waals surface area contributed by atoms with Gasteiger partial charge in [-0.2, -0.15) is 0 Å². The van der Waals surface area contributed by atoms with Gasteiger partial charge >= 0.3 is 0 Å². The Labute approximate surface area is 129 Å². The first-order valence-electron chi connectivity index (χ1n) is 8.92. The Morgan fingerprint density at radius 1 is 1.14 bits per heavy atom. The smallest absolute Gasteiger partial charge is 0.222 e. The van der Waals surface area contributed by atoms with E-state index < -0.39 is 0 Å². The van der Waals surface area contributed by atoms with Gasteiger partial charge in [0, 0.05) is 37.6 Å². The molecule has 2 heterocycles. The zero-order valence-corrected chi connectivity index (χ0v) is 13.5. The van der Waals surface area contributed by atoms with Gasteiger partial charge in [-0.15, -0.1) is 0 Å². The van der Waals surface area contributed by atoms with E-state index in [2.05, 4.69) is 16.7 Å². The van der Waals surface area contributed by atoms with E-state index >= 15 is 0 Å². The van der Waals surface area contributed by atoms with Crippen LogP contribution in [0.1, 0.15) is 58.3 Å². The lowest BCUT2D eigenvalue weighted by Gasteiger charge is -2.42. The van der Waals surface area contributed by atoms with Gasteiger partial charge in [0.25, 0.3) is 0 Å². The second kappa shape index (κ2) is 6.66. The predicted molar refractivity (Wildman–Crippen MR) is 84.9 cm³/mol. The summed E-state index contributed by atoms with van der Waals surface area (Å²) in [5, 5.41) is 0. The van der Waals surface area contributed by atoms with Crippen LogP contribution in [0.5, 0.6) is 0 Å². The summed E-state index contributed by atoms with van der Waals surface area (Å²) in [5.74, 6) is 1.13. The van der Waals surface area contributed by atoms with Crippen molar-refractivity contribution in [1.29, 1.82) is 0 Å². The zero-order valence-electron chi connectivity index (χ0n) is 13.5. The van der Waals surface area contributed by atoms with Crippen molar-refractivity contribution in [2.45, 2.75) is 76.4 Å². The standard InChI is InChI=1S/C17H31N3O/c1-13-11-19-10-2-3-16(19)12-20(13)17(21)9-6-14-4-7-15(18)8-5-14/h13-16H,2-12,18H2,1H3. The Balaban J connectivity index is 1.46. The van der Waals surface area contributed by atoms with Crippen LogP contribution in [0.25, 0.3) is 0 Å². The summed E-state index contributed by atoms with van der Waals surface area (Å²) in [7, 11) is 0. The molecule has 3 rings (SSSR count). The minimum atomic E-state index is 0.393. The molecule has 120 valence electrons. The minimum Gasteiger partial charge on any atom is -0.337 e. The van der Waals surface area contributed by atoms with Gasteiger partial charge < -0.3 is 10.6 Å². The first kappa shape index (κ1) is 15.3. The van der Waals surface area contributed by atoms with Gasteiger partial charge in [0.2, 0.25) is 5.91 Å². The molecule has 2 saturated heterocycles. The van der Waals surface area contributed by atoms with Crippen LogP contribution >= 0.6 is 0 Å². The van der Waals surface area contributed by atoms with Crippen LogP contribution in [0.2, 0.25) is 0 Å². The molecule has 4 nitrogen and oxygen atoms in total. The molecule has 0 radical (unpaired) electrons. The summed E-state index contributed by atoms with van der Waals surface area (Å²) >= 11 is 0. The van der Waals surface area contributed by atoms with Crippen LogP contribution < -0.4 is 5.73 Å². The Kier molecular flexibility index (Phi) is 4.85. The Morgan fingerprint density at radius 3 is 2.67 bits per heavy atom. The lowest BCUT2D eigenvalue weighted by atomic mass is 9.83. The number of carbonyl (C=O) groups excluding carboxylic acids is 1. The molecule has 2 N–H and O–H groups in total. The molecule has 21 heavy (non-hydrogen) atoms. The van der Waals surface area contributed by atoms with E-state index in [0.717, 1.165) is 44.7 Å². The van der Waals surface area contributed by atoms with Crippen molar-refractivity contribution >= 4 is 5.91 Å². The quantitative estimate of drug-likeness (QED) is 0.865. The number of carbonyl (C=O) groups is 1. The summed E-state index contributed by atoms with van der Waals surface area (Å²) in [5.41, 5.74) is 5.96. The largest absolute Gasteiger partial charge is 0.337 e. The average Bonchev–Trinajstić information content (AvgIpc) is 2.92. The van der Waals surface area contributed by atoms with Gasteiger partial charge in [0.15, 0.2) is 0 Å². The molecular formula is C17H31N3O. The number of nitrogens with zero attached hydrogens (tertiary/aromatic N) is 2. The second-order valence-electron chi connectivity index (χ2n) is 7.51. The highest BCUT2D eigenvalue weighted by Crippen LogP contribution is 2.29. The monoisotopic (exact) mass is 293 g/mol. The van der Waals surface area contributed by atoms with E-state index in [1.165, 1.54) is 32.2 Å². The predicted octanol–water partition coefficient (Wildman–Crippen LogP) is 1.98. The van der Waals surface area contributed by atoms with Crippen molar-refractivity contribution in [3.63, 3.8) is 0 Å². The fourth-order valence-corrected chi connectivity index (χ4v) is 4.48. The highest BCUT2D eigenvalue weighted by atomic mass is 16.2. The van der Waals surface area contributed by atoms with E-state index in [4.69, 9.17) is 5.73 Å². The van der Waals surface area contributed by atoms with Gasteiger partial charge in [-0.25, -0.2) is 0 Å². The van der Waals surface area contributed by atoms with E-state index in [1.54, 1.807) is 0 Å². The molecule has 0 aromatic heterocycles. The molecule has 0 spiro atoms. The lowest BCUT2D eigenvalue weighted by molar-refractivity contribution is -0.137. The SMILES string of the molecule is CC1CN2CCCC2CN1C(=O)CCC1CCC(N)CC1. The molecule has 0 aromatic rings. The van der Waals surface area contributed by atoms with Gasteiger partial charge in [-0.05, 0) is 64.3 Å². The fraction of sp³-hybridized carbons (Fsp3) is 0.941. The molecule has 2 unspecified atom stereocenters. The Morgan fingerprint density at radius 2 is 1.90 bits per heavy atom. The summed E-state index contributed by atoms with van der Waals surface area (Å²) < 4.78 is 0. The third-order valence-electron chi connectivity index (χ3n) is 5.92. The Bertz CT molecular complexity index is 365. The number of rotatable bonds is 3. The number of piperazine rings is 1. The fourth-order valence-electron chi connectivity index (χ4n) is 4.48. The number of hydrogen-bond donors (Lipinski definition) is 1. The van der Waals surface area contributed by atoms with E-state index in [-0.39, 0.29) is 0 Å². The van der Waals surface area contributed by atoms with Crippen molar-refractivity contribution in [3.05, 3.63) is 0 Å². The molecule has 1 saturated carbocycles. The molecule has 3 fully saturated rings. The molecule has 4 heteroatoms. The minimum absolute atomic E-state index is 0.393. The van der Waals surface area contributed by atoms with Crippen LogP contribution in [0, 0.1) is 5.92 Å². The van der Waals surface area contributed by atoms with Gasteiger partial charge in [-0.1, -0.05) is 0 Å². The summed E-state index contributed by atoms with van der Waals surface area (Å²) in [4.78, 5) is 17.3. The molecule has 1 amide bonds. The maximum Gasteiger partial charge on any atom is 0.222 e. The van der Waals surface area contributed by atoms with Crippen LogP contribution in [-0.4, -0.2) is 53.5 Å².